The lowest BCUT2D eigenvalue weighted by Crippen LogP contribution is -2.46. The number of hydrogen-bond donors (Lipinski definition) is 3. The lowest BCUT2D eigenvalue weighted by atomic mass is 10.2. The largest absolute Gasteiger partial charge is 0.480 e. The van der Waals surface area contributed by atoms with E-state index in [0.717, 1.165) is 12.8 Å². The molecular formula is C13H24N2O6. The topological polar surface area (TPSA) is 108 Å². The van der Waals surface area contributed by atoms with Gasteiger partial charge in [0.2, 0.25) is 0 Å². The van der Waals surface area contributed by atoms with Crippen LogP contribution in [0.5, 0.6) is 0 Å². The SMILES string of the molecule is COCCOCCCCNC(=O)N1C[C@H](O)C[C@H]1C(=O)O. The van der Waals surface area contributed by atoms with Gasteiger partial charge in [-0.15, -0.1) is 0 Å². The molecule has 1 aliphatic heterocycles. The molecule has 122 valence electrons. The number of carboxylic acid groups (broad SMARTS) is 1. The number of carboxylic acids is 1. The van der Waals surface area contributed by atoms with Crippen LogP contribution >= 0.6 is 0 Å². The number of aliphatic carboxylic acids is 1. The van der Waals surface area contributed by atoms with Crippen molar-refractivity contribution >= 4 is 12.0 Å². The molecule has 0 aromatic heterocycles. The lowest BCUT2D eigenvalue weighted by molar-refractivity contribution is -0.141. The Hall–Kier alpha value is -1.38. The van der Waals surface area contributed by atoms with Gasteiger partial charge < -0.3 is 29.9 Å². The molecule has 1 rings (SSSR count). The number of aliphatic hydroxyl groups is 1. The van der Waals surface area contributed by atoms with Gasteiger partial charge in [0.05, 0.1) is 19.3 Å². The van der Waals surface area contributed by atoms with Crippen LogP contribution < -0.4 is 5.32 Å². The minimum absolute atomic E-state index is 0.0585. The van der Waals surface area contributed by atoms with E-state index in [4.69, 9.17) is 14.6 Å². The van der Waals surface area contributed by atoms with Crippen molar-refractivity contribution in [3.05, 3.63) is 0 Å². The number of β-amino-alcohol motifs (C(OH)–C–C–N with tert-alkyl or cyclic N) is 1. The van der Waals surface area contributed by atoms with Gasteiger partial charge >= 0.3 is 12.0 Å². The normalized spacial score (nSPS) is 21.5. The number of carbonyl (C=O) groups excluding carboxylic acids is 1. The van der Waals surface area contributed by atoms with Crippen LogP contribution in [0.3, 0.4) is 0 Å². The van der Waals surface area contributed by atoms with Crippen LogP contribution in [0, 0.1) is 0 Å². The molecule has 0 aliphatic carbocycles. The molecule has 8 heteroatoms. The number of hydrogen-bond acceptors (Lipinski definition) is 5. The predicted octanol–water partition coefficient (Wildman–Crippen LogP) is -0.341. The van der Waals surface area contributed by atoms with Gasteiger partial charge in [0, 0.05) is 33.2 Å². The Morgan fingerprint density at radius 3 is 2.71 bits per heavy atom. The first kappa shape index (κ1) is 17.7. The molecule has 1 fully saturated rings. The first-order valence-electron chi connectivity index (χ1n) is 7.08. The summed E-state index contributed by atoms with van der Waals surface area (Å²) in [6.07, 6.45) is 0.851. The van der Waals surface area contributed by atoms with Crippen LogP contribution in [-0.2, 0) is 14.3 Å². The summed E-state index contributed by atoms with van der Waals surface area (Å²) in [6, 6.07) is -1.39. The van der Waals surface area contributed by atoms with E-state index in [9.17, 15) is 14.7 Å². The number of amides is 2. The molecule has 1 heterocycles. The molecule has 0 spiro atoms. The van der Waals surface area contributed by atoms with Crippen LogP contribution in [0.25, 0.3) is 0 Å². The zero-order valence-electron chi connectivity index (χ0n) is 12.3. The van der Waals surface area contributed by atoms with Crippen molar-refractivity contribution in [1.82, 2.24) is 10.2 Å². The highest BCUT2D eigenvalue weighted by Crippen LogP contribution is 2.17. The van der Waals surface area contributed by atoms with Crippen molar-refractivity contribution in [2.24, 2.45) is 0 Å². The molecule has 0 aromatic rings. The maximum absolute atomic E-state index is 11.9. The summed E-state index contributed by atoms with van der Waals surface area (Å²) in [7, 11) is 1.61. The van der Waals surface area contributed by atoms with Crippen molar-refractivity contribution in [2.45, 2.75) is 31.4 Å². The lowest BCUT2D eigenvalue weighted by Gasteiger charge is -2.21. The fourth-order valence-corrected chi connectivity index (χ4v) is 2.14. The molecule has 3 N–H and O–H groups in total. The molecule has 2 atom stereocenters. The Labute approximate surface area is 124 Å². The molecule has 0 bridgehead atoms. The Morgan fingerprint density at radius 2 is 2.05 bits per heavy atom. The van der Waals surface area contributed by atoms with Gasteiger partial charge in [-0.2, -0.15) is 0 Å². The van der Waals surface area contributed by atoms with Crippen molar-refractivity contribution in [1.29, 1.82) is 0 Å². The number of nitrogens with zero attached hydrogens (tertiary/aromatic N) is 1. The van der Waals surface area contributed by atoms with Gasteiger partial charge in [-0.3, -0.25) is 0 Å². The third-order valence-corrected chi connectivity index (χ3v) is 3.25. The Bertz CT molecular complexity index is 339. The van der Waals surface area contributed by atoms with Gasteiger partial charge in [-0.1, -0.05) is 0 Å². The van der Waals surface area contributed by atoms with Crippen LogP contribution in [-0.4, -0.2) is 79.3 Å². The zero-order valence-corrected chi connectivity index (χ0v) is 12.3. The van der Waals surface area contributed by atoms with Crippen LogP contribution in [0.1, 0.15) is 19.3 Å². The fourth-order valence-electron chi connectivity index (χ4n) is 2.14. The van der Waals surface area contributed by atoms with Crippen molar-refractivity contribution in [3.63, 3.8) is 0 Å². The molecule has 21 heavy (non-hydrogen) atoms. The summed E-state index contributed by atoms with van der Waals surface area (Å²) >= 11 is 0. The monoisotopic (exact) mass is 304 g/mol. The summed E-state index contributed by atoms with van der Waals surface area (Å²) in [5.41, 5.74) is 0. The van der Waals surface area contributed by atoms with E-state index in [-0.39, 0.29) is 13.0 Å². The van der Waals surface area contributed by atoms with E-state index in [2.05, 4.69) is 5.32 Å². The minimum atomic E-state index is -1.09. The average molecular weight is 304 g/mol. The number of unbranched alkanes of at least 4 members (excludes halogenated alkanes) is 1. The van der Waals surface area contributed by atoms with Crippen LogP contribution in [0.4, 0.5) is 4.79 Å². The number of urea groups is 1. The van der Waals surface area contributed by atoms with E-state index < -0.39 is 24.1 Å². The third kappa shape index (κ3) is 6.28. The number of ether oxygens (including phenoxy) is 2. The third-order valence-electron chi connectivity index (χ3n) is 3.25. The molecule has 1 aliphatic rings. The molecule has 8 nitrogen and oxygen atoms in total. The van der Waals surface area contributed by atoms with Crippen molar-refractivity contribution < 1.29 is 29.3 Å². The van der Waals surface area contributed by atoms with Crippen molar-refractivity contribution in [2.75, 3.05) is 40.0 Å². The highest BCUT2D eigenvalue weighted by molar-refractivity contribution is 5.83. The molecule has 2 amide bonds. The summed E-state index contributed by atoms with van der Waals surface area (Å²) < 4.78 is 10.1. The standard InChI is InChI=1S/C13H24N2O6/c1-20-6-7-21-5-3-2-4-14-13(19)15-9-10(16)8-11(15)12(17)18/h10-11,16H,2-9H2,1H3,(H,14,19)(H,17,18)/t10-,11+/m1/s1. The Balaban J connectivity index is 2.14. The fraction of sp³-hybridized carbons (Fsp3) is 0.846. The van der Waals surface area contributed by atoms with Gasteiger partial charge in [0.25, 0.3) is 0 Å². The van der Waals surface area contributed by atoms with E-state index >= 15 is 0 Å². The molecular weight excluding hydrogens is 280 g/mol. The zero-order chi connectivity index (χ0) is 15.7. The highest BCUT2D eigenvalue weighted by atomic mass is 16.5. The molecule has 0 aromatic carbocycles. The van der Waals surface area contributed by atoms with E-state index in [1.807, 2.05) is 0 Å². The molecule has 1 saturated heterocycles. The Morgan fingerprint density at radius 1 is 1.29 bits per heavy atom. The van der Waals surface area contributed by atoms with Crippen LogP contribution in [0.2, 0.25) is 0 Å². The maximum Gasteiger partial charge on any atom is 0.326 e. The van der Waals surface area contributed by atoms with Crippen LogP contribution in [0.15, 0.2) is 0 Å². The summed E-state index contributed by atoms with van der Waals surface area (Å²) in [5.74, 6) is -1.09. The van der Waals surface area contributed by atoms with Gasteiger partial charge in [-0.25, -0.2) is 9.59 Å². The minimum Gasteiger partial charge on any atom is -0.480 e. The molecule has 0 unspecified atom stereocenters. The summed E-state index contributed by atoms with van der Waals surface area (Å²) in [6.45, 7) is 2.22. The number of nitrogens with one attached hydrogen (secondary N) is 1. The molecule has 0 radical (unpaired) electrons. The summed E-state index contributed by atoms with van der Waals surface area (Å²) in [4.78, 5) is 24.0. The predicted molar refractivity (Wildman–Crippen MR) is 74.1 cm³/mol. The summed E-state index contributed by atoms with van der Waals surface area (Å²) in [5, 5.41) is 21.1. The van der Waals surface area contributed by atoms with Crippen molar-refractivity contribution in [3.8, 4) is 0 Å². The second-order valence-corrected chi connectivity index (χ2v) is 4.94. The average Bonchev–Trinajstić information content (AvgIpc) is 2.84. The van der Waals surface area contributed by atoms with Gasteiger partial charge in [-0.05, 0) is 12.8 Å². The van der Waals surface area contributed by atoms with Gasteiger partial charge in [0.15, 0.2) is 0 Å². The number of likely N-dealkylation sites (tertiary alicyclic amines) is 1. The second-order valence-electron chi connectivity index (χ2n) is 4.94. The van der Waals surface area contributed by atoms with Gasteiger partial charge in [0.1, 0.15) is 6.04 Å². The number of methoxy groups -OCH3 is 1. The smallest absolute Gasteiger partial charge is 0.326 e. The number of aliphatic hydroxyl groups excluding tert-OH is 1. The second kappa shape index (κ2) is 9.54. The number of carbonyl (C=O) groups is 2. The highest BCUT2D eigenvalue weighted by Gasteiger charge is 2.38. The quantitative estimate of drug-likeness (QED) is 0.503. The van der Waals surface area contributed by atoms with E-state index in [1.54, 1.807) is 7.11 Å². The number of rotatable bonds is 9. The Kier molecular flexibility index (Phi) is 8.03. The first-order valence-corrected chi connectivity index (χ1v) is 7.08. The maximum atomic E-state index is 11.9. The first-order chi connectivity index (χ1) is 10.1. The van der Waals surface area contributed by atoms with E-state index in [0.29, 0.717) is 26.4 Å². The van der Waals surface area contributed by atoms with E-state index in [1.165, 1.54) is 4.90 Å². The molecule has 0 saturated carbocycles.